The van der Waals surface area contributed by atoms with E-state index in [1.807, 2.05) is 36.4 Å². The van der Waals surface area contributed by atoms with Crippen molar-refractivity contribution >= 4 is 22.7 Å². The molecule has 4 aromatic rings. The van der Waals surface area contributed by atoms with E-state index in [4.69, 9.17) is 9.72 Å². The molecule has 0 bridgehead atoms. The molecule has 1 unspecified atom stereocenters. The van der Waals surface area contributed by atoms with Crippen LogP contribution in [0.4, 0.5) is 5.69 Å². The molecule has 2 aliphatic rings. The first kappa shape index (κ1) is 17.3. The van der Waals surface area contributed by atoms with Crippen LogP contribution in [0.3, 0.4) is 0 Å². The predicted molar refractivity (Wildman–Crippen MR) is 122 cm³/mol. The second kappa shape index (κ2) is 6.74. The molecule has 1 aliphatic carbocycles. The van der Waals surface area contributed by atoms with Crippen molar-refractivity contribution in [3.05, 3.63) is 101 Å². The average Bonchev–Trinajstić information content (AvgIpc) is 3.40. The molecular formula is C27H22N2O. The molecule has 0 radical (unpaired) electrons. The molecule has 6 rings (SSSR count). The van der Waals surface area contributed by atoms with Crippen molar-refractivity contribution < 1.29 is 4.74 Å². The van der Waals surface area contributed by atoms with Gasteiger partial charge in [-0.25, -0.2) is 0 Å². The molecule has 0 fully saturated rings. The second-order valence-electron chi connectivity index (χ2n) is 7.99. The van der Waals surface area contributed by atoms with Gasteiger partial charge in [-0.15, -0.1) is 0 Å². The summed E-state index contributed by atoms with van der Waals surface area (Å²) in [7, 11) is 0. The number of ether oxygens (including phenoxy) is 1. The van der Waals surface area contributed by atoms with E-state index in [2.05, 4.69) is 60.4 Å². The van der Waals surface area contributed by atoms with E-state index in [9.17, 15) is 0 Å². The van der Waals surface area contributed by atoms with Crippen molar-refractivity contribution in [1.82, 2.24) is 4.98 Å². The molecule has 0 amide bonds. The minimum absolute atomic E-state index is 0.270. The molecule has 0 spiro atoms. The van der Waals surface area contributed by atoms with Gasteiger partial charge in [0.15, 0.2) is 0 Å². The molecule has 0 saturated heterocycles. The number of para-hydroxylation sites is 1. The lowest BCUT2D eigenvalue weighted by molar-refractivity contribution is 0.483. The third kappa shape index (κ3) is 2.70. The van der Waals surface area contributed by atoms with Crippen molar-refractivity contribution in [2.45, 2.75) is 19.4 Å². The number of nitrogens with zero attached hydrogens (tertiary/aromatic N) is 2. The van der Waals surface area contributed by atoms with Gasteiger partial charge in [-0.05, 0) is 60.4 Å². The van der Waals surface area contributed by atoms with Crippen LogP contribution in [0.1, 0.15) is 28.4 Å². The lowest BCUT2D eigenvalue weighted by Gasteiger charge is -2.28. The van der Waals surface area contributed by atoms with E-state index in [0.717, 1.165) is 35.7 Å². The minimum Gasteiger partial charge on any atom is -0.457 e. The lowest BCUT2D eigenvalue weighted by atomic mass is 10.0. The van der Waals surface area contributed by atoms with Crippen molar-refractivity contribution in [3.63, 3.8) is 0 Å². The first-order valence-corrected chi connectivity index (χ1v) is 10.5. The Morgan fingerprint density at radius 1 is 0.933 bits per heavy atom. The summed E-state index contributed by atoms with van der Waals surface area (Å²) in [5.41, 5.74) is 7.52. The molecule has 0 saturated carbocycles. The summed E-state index contributed by atoms with van der Waals surface area (Å²) < 4.78 is 6.13. The maximum absolute atomic E-state index is 6.13. The zero-order valence-electron chi connectivity index (χ0n) is 16.9. The highest BCUT2D eigenvalue weighted by Crippen LogP contribution is 2.45. The Morgan fingerprint density at radius 2 is 1.77 bits per heavy atom. The number of fused-ring (bicyclic) bond motifs is 4. The molecule has 30 heavy (non-hydrogen) atoms. The second-order valence-corrected chi connectivity index (χ2v) is 7.99. The summed E-state index contributed by atoms with van der Waals surface area (Å²) in [6, 6.07) is 25.1. The first-order valence-electron chi connectivity index (χ1n) is 10.5. The van der Waals surface area contributed by atoms with Gasteiger partial charge in [-0.1, -0.05) is 54.6 Å². The number of benzene rings is 3. The smallest absolute Gasteiger partial charge is 0.128 e. The van der Waals surface area contributed by atoms with Crippen LogP contribution in [0.5, 0.6) is 11.5 Å². The Bertz CT molecular complexity index is 1290. The largest absolute Gasteiger partial charge is 0.457 e. The van der Waals surface area contributed by atoms with Crippen LogP contribution >= 0.6 is 0 Å². The monoisotopic (exact) mass is 390 g/mol. The van der Waals surface area contributed by atoms with Gasteiger partial charge in [0.05, 0.1) is 17.2 Å². The van der Waals surface area contributed by atoms with Crippen LogP contribution in [0.15, 0.2) is 78.9 Å². The summed E-state index contributed by atoms with van der Waals surface area (Å²) >= 11 is 0. The fourth-order valence-corrected chi connectivity index (χ4v) is 4.82. The summed E-state index contributed by atoms with van der Waals surface area (Å²) in [6.07, 6.45) is 5.60. The third-order valence-electron chi connectivity index (χ3n) is 6.21. The van der Waals surface area contributed by atoms with Gasteiger partial charge in [0, 0.05) is 17.6 Å². The van der Waals surface area contributed by atoms with E-state index in [0.29, 0.717) is 0 Å². The van der Waals surface area contributed by atoms with Crippen LogP contribution in [0.25, 0.3) is 17.0 Å². The summed E-state index contributed by atoms with van der Waals surface area (Å²) in [5, 5.41) is 1.17. The number of hydrogen-bond acceptors (Lipinski definition) is 3. The molecule has 3 heteroatoms. The molecule has 1 aromatic heterocycles. The van der Waals surface area contributed by atoms with Gasteiger partial charge in [0.2, 0.25) is 0 Å². The van der Waals surface area contributed by atoms with Crippen LogP contribution in [0, 0.1) is 6.92 Å². The minimum atomic E-state index is 0.270. The van der Waals surface area contributed by atoms with Crippen LogP contribution in [-0.2, 0) is 6.42 Å². The van der Waals surface area contributed by atoms with Gasteiger partial charge >= 0.3 is 0 Å². The van der Waals surface area contributed by atoms with E-state index in [1.165, 1.54) is 27.8 Å². The van der Waals surface area contributed by atoms with Crippen molar-refractivity contribution in [2.75, 3.05) is 11.4 Å². The quantitative estimate of drug-likeness (QED) is 0.401. The zero-order valence-corrected chi connectivity index (χ0v) is 16.9. The molecule has 2 heterocycles. The Morgan fingerprint density at radius 3 is 2.67 bits per heavy atom. The number of aryl methyl sites for hydroxylation is 1. The van der Waals surface area contributed by atoms with Crippen LogP contribution < -0.4 is 9.64 Å². The highest BCUT2D eigenvalue weighted by molar-refractivity contribution is 5.96. The molecule has 0 N–H and O–H groups in total. The molecule has 1 aliphatic heterocycles. The number of anilines is 1. The Hall–Kier alpha value is -3.59. The molecule has 3 aromatic carbocycles. The third-order valence-corrected chi connectivity index (χ3v) is 6.21. The van der Waals surface area contributed by atoms with Gasteiger partial charge in [0.25, 0.3) is 0 Å². The Kier molecular flexibility index (Phi) is 3.88. The fraction of sp³-hybridized carbons (Fsp3) is 0.148. The van der Waals surface area contributed by atoms with Crippen molar-refractivity contribution in [2.24, 2.45) is 0 Å². The van der Waals surface area contributed by atoms with E-state index < -0.39 is 0 Å². The maximum Gasteiger partial charge on any atom is 0.128 e. The van der Waals surface area contributed by atoms with Crippen molar-refractivity contribution in [1.29, 1.82) is 0 Å². The molecular weight excluding hydrogens is 368 g/mol. The number of pyridine rings is 1. The number of hydrogen-bond donors (Lipinski definition) is 0. The highest BCUT2D eigenvalue weighted by atomic mass is 16.5. The summed E-state index contributed by atoms with van der Waals surface area (Å²) in [4.78, 5) is 7.44. The number of aromatic nitrogens is 1. The van der Waals surface area contributed by atoms with E-state index >= 15 is 0 Å². The van der Waals surface area contributed by atoms with Crippen LogP contribution in [-0.4, -0.2) is 11.5 Å². The van der Waals surface area contributed by atoms with Gasteiger partial charge in [0.1, 0.15) is 11.5 Å². The number of rotatable bonds is 3. The molecule has 3 nitrogen and oxygen atoms in total. The lowest BCUT2D eigenvalue weighted by Crippen LogP contribution is -2.24. The van der Waals surface area contributed by atoms with Crippen molar-refractivity contribution in [3.8, 4) is 11.5 Å². The summed E-state index contributed by atoms with van der Waals surface area (Å²) in [5.74, 6) is 1.69. The topological polar surface area (TPSA) is 25.4 Å². The average molecular weight is 390 g/mol. The first-order chi connectivity index (χ1) is 14.8. The normalized spacial score (nSPS) is 16.7. The predicted octanol–water partition coefficient (Wildman–Crippen LogP) is 6.47. The van der Waals surface area contributed by atoms with Gasteiger partial charge in [-0.3, -0.25) is 4.98 Å². The van der Waals surface area contributed by atoms with Gasteiger partial charge in [-0.2, -0.15) is 0 Å². The SMILES string of the molecule is Cc1nc2ccc(Oc3ccccc3)cc2c2c1CCN2C1C=Cc2ccccc21. The van der Waals surface area contributed by atoms with Crippen LogP contribution in [0.2, 0.25) is 0 Å². The van der Waals surface area contributed by atoms with E-state index in [-0.39, 0.29) is 6.04 Å². The standard InChI is InChI=1S/C27H22N2O/c1-18-22-15-16-29(26-14-11-19-7-5-6-10-23(19)26)27(22)24-17-21(12-13-25(24)28-18)30-20-8-3-2-4-9-20/h2-14,17,26H,15-16H2,1H3. The van der Waals surface area contributed by atoms with E-state index in [1.54, 1.807) is 0 Å². The maximum atomic E-state index is 6.13. The highest BCUT2D eigenvalue weighted by Gasteiger charge is 2.32. The molecule has 1 atom stereocenters. The fourth-order valence-electron chi connectivity index (χ4n) is 4.82. The van der Waals surface area contributed by atoms with Gasteiger partial charge < -0.3 is 9.64 Å². The summed E-state index contributed by atoms with van der Waals surface area (Å²) in [6.45, 7) is 3.14. The Labute approximate surface area is 176 Å². The molecule has 146 valence electrons. The Balaban J connectivity index is 1.48. The zero-order chi connectivity index (χ0) is 20.1.